The van der Waals surface area contributed by atoms with Crippen molar-refractivity contribution in [1.82, 2.24) is 4.90 Å². The Morgan fingerprint density at radius 3 is 2.55 bits per heavy atom. The molecule has 0 bridgehead atoms. The number of likely N-dealkylation sites (tertiary alicyclic amines) is 1. The first-order chi connectivity index (χ1) is 19.2. The number of amides is 2. The van der Waals surface area contributed by atoms with Crippen molar-refractivity contribution in [3.8, 4) is 0 Å². The van der Waals surface area contributed by atoms with Crippen LogP contribution in [0.3, 0.4) is 0 Å². The van der Waals surface area contributed by atoms with Crippen molar-refractivity contribution in [2.45, 2.75) is 41.8 Å². The molecule has 0 radical (unpaired) electrons. The number of esters is 1. The van der Waals surface area contributed by atoms with Gasteiger partial charge in [0.1, 0.15) is 6.04 Å². The number of thioether (sulfide) groups is 1. The molecule has 1 N–H and O–H groups in total. The number of nitrogens with zero attached hydrogens (tertiary/aromatic N) is 2. The first-order valence-corrected chi connectivity index (χ1v) is 14.7. The van der Waals surface area contributed by atoms with E-state index < -0.39 is 39.4 Å². The number of carbonyl (C=O) groups is 3. The minimum atomic E-state index is -1.06. The standard InChI is InChI=1S/C31H31ClN2O5S/c1-19-10-8-13-21(32)25(19)33-16-9-15-31-23(24-29(38)39-17-7-6-14-30(24,2)40-31)27(36)34(26(31)28(33)37)22(18-35)20-11-4-3-5-12-20/h3-6,8-15,22-24,26,35H,7,16-18H2,1-2H3/t22-,23+,24-,26?,30+,31+/m1/s1. The summed E-state index contributed by atoms with van der Waals surface area (Å²) in [5.74, 6) is -2.72. The summed E-state index contributed by atoms with van der Waals surface area (Å²) in [6.07, 6.45) is 8.44. The van der Waals surface area contributed by atoms with Crippen molar-refractivity contribution in [2.75, 3.05) is 24.7 Å². The van der Waals surface area contributed by atoms with Crippen molar-refractivity contribution in [3.05, 3.63) is 89.0 Å². The highest BCUT2D eigenvalue weighted by molar-refractivity contribution is 8.02. The number of hydrogen-bond donors (Lipinski definition) is 1. The van der Waals surface area contributed by atoms with Gasteiger partial charge < -0.3 is 19.6 Å². The molecule has 0 aliphatic carbocycles. The van der Waals surface area contributed by atoms with Gasteiger partial charge in [0.2, 0.25) is 5.91 Å². The Morgan fingerprint density at radius 1 is 1.05 bits per heavy atom. The van der Waals surface area contributed by atoms with Crippen LogP contribution in [-0.2, 0) is 19.1 Å². The number of benzene rings is 2. The van der Waals surface area contributed by atoms with E-state index in [1.54, 1.807) is 11.0 Å². The lowest BCUT2D eigenvalue weighted by molar-refractivity contribution is -0.154. The Hall–Kier alpha value is -3.07. The van der Waals surface area contributed by atoms with Crippen LogP contribution in [0, 0.1) is 18.8 Å². The molecule has 9 heteroatoms. The first kappa shape index (κ1) is 27.1. The van der Waals surface area contributed by atoms with Crippen LogP contribution < -0.4 is 4.90 Å². The maximum atomic E-state index is 14.8. The quantitative estimate of drug-likeness (QED) is 0.425. The molecule has 4 aliphatic rings. The van der Waals surface area contributed by atoms with Crippen LogP contribution in [0.25, 0.3) is 0 Å². The van der Waals surface area contributed by atoms with Crippen molar-refractivity contribution in [2.24, 2.45) is 11.8 Å². The van der Waals surface area contributed by atoms with E-state index in [1.165, 1.54) is 16.7 Å². The number of anilines is 1. The summed E-state index contributed by atoms with van der Waals surface area (Å²) in [5, 5.41) is 11.1. The van der Waals surface area contributed by atoms with Gasteiger partial charge in [-0.05, 0) is 37.5 Å². The van der Waals surface area contributed by atoms with Crippen molar-refractivity contribution in [3.63, 3.8) is 0 Å². The third kappa shape index (κ3) is 3.95. The third-order valence-corrected chi connectivity index (χ3v) is 10.7. The fourth-order valence-electron chi connectivity index (χ4n) is 6.96. The van der Waals surface area contributed by atoms with Gasteiger partial charge in [0.25, 0.3) is 5.91 Å². The SMILES string of the molecule is Cc1cccc(Cl)c1N1CC=C[C@]23S[C@@]4(C)C=CCCOC(=O)[C@H]4[C@H]2C(=O)N([C@H](CO)c2ccccc2)C3C1=O. The van der Waals surface area contributed by atoms with Gasteiger partial charge >= 0.3 is 5.97 Å². The van der Waals surface area contributed by atoms with E-state index in [2.05, 4.69) is 0 Å². The van der Waals surface area contributed by atoms with E-state index in [0.29, 0.717) is 22.7 Å². The van der Waals surface area contributed by atoms with Gasteiger partial charge in [0.05, 0.1) is 46.5 Å². The summed E-state index contributed by atoms with van der Waals surface area (Å²) in [7, 11) is 0. The van der Waals surface area contributed by atoms with E-state index in [9.17, 15) is 19.5 Å². The predicted octanol–water partition coefficient (Wildman–Crippen LogP) is 4.48. The average Bonchev–Trinajstić information content (AvgIpc) is 3.25. The van der Waals surface area contributed by atoms with E-state index in [1.807, 2.05) is 80.6 Å². The Labute approximate surface area is 242 Å². The zero-order valence-electron chi connectivity index (χ0n) is 22.3. The second-order valence-corrected chi connectivity index (χ2v) is 13.2. The summed E-state index contributed by atoms with van der Waals surface area (Å²) in [6, 6.07) is 12.9. The number of hydrogen-bond acceptors (Lipinski definition) is 6. The fraction of sp³-hybridized carbons (Fsp3) is 0.387. The Kier molecular flexibility index (Phi) is 6.84. The lowest BCUT2D eigenvalue weighted by Gasteiger charge is -2.40. The van der Waals surface area contributed by atoms with Crippen LogP contribution in [-0.4, -0.2) is 63.1 Å². The zero-order valence-corrected chi connectivity index (χ0v) is 23.9. The molecule has 1 spiro atoms. The van der Waals surface area contributed by atoms with Gasteiger partial charge in [0.15, 0.2) is 0 Å². The lowest BCUT2D eigenvalue weighted by atomic mass is 9.74. The van der Waals surface area contributed by atoms with Gasteiger partial charge in [-0.15, -0.1) is 11.8 Å². The van der Waals surface area contributed by atoms with Crippen molar-refractivity contribution >= 4 is 46.8 Å². The molecule has 1 unspecified atom stereocenters. The van der Waals surface area contributed by atoms with Gasteiger partial charge in [0, 0.05) is 11.3 Å². The average molecular weight is 579 g/mol. The molecular formula is C31H31ClN2O5S. The van der Waals surface area contributed by atoms with Crippen molar-refractivity contribution < 1.29 is 24.2 Å². The topological polar surface area (TPSA) is 87.2 Å². The summed E-state index contributed by atoms with van der Waals surface area (Å²) in [5.41, 5.74) is 2.13. The van der Waals surface area contributed by atoms with E-state index in [0.717, 1.165) is 5.56 Å². The highest BCUT2D eigenvalue weighted by atomic mass is 35.5. The summed E-state index contributed by atoms with van der Waals surface area (Å²) >= 11 is 8.13. The zero-order chi connectivity index (χ0) is 28.2. The number of aryl methyl sites for hydroxylation is 1. The number of carbonyl (C=O) groups excluding carboxylic acids is 3. The largest absolute Gasteiger partial charge is 0.465 e. The molecule has 0 aromatic heterocycles. The number of halogens is 1. The molecule has 7 nitrogen and oxygen atoms in total. The van der Waals surface area contributed by atoms with Gasteiger partial charge in [-0.1, -0.05) is 78.4 Å². The van der Waals surface area contributed by atoms with Crippen LogP contribution in [0.15, 0.2) is 72.8 Å². The van der Waals surface area contributed by atoms with Crippen LogP contribution in [0.2, 0.25) is 5.02 Å². The first-order valence-electron chi connectivity index (χ1n) is 13.5. The molecule has 2 aromatic rings. The molecule has 2 saturated heterocycles. The number of aliphatic hydroxyl groups is 1. The normalized spacial score (nSPS) is 32.1. The molecule has 2 amide bonds. The van der Waals surface area contributed by atoms with E-state index in [4.69, 9.17) is 16.3 Å². The molecule has 208 valence electrons. The highest BCUT2D eigenvalue weighted by Crippen LogP contribution is 2.66. The van der Waals surface area contributed by atoms with Crippen LogP contribution in [0.4, 0.5) is 5.69 Å². The van der Waals surface area contributed by atoms with Crippen molar-refractivity contribution in [1.29, 1.82) is 0 Å². The third-order valence-electron chi connectivity index (χ3n) is 8.61. The molecule has 4 aliphatic heterocycles. The highest BCUT2D eigenvalue weighted by Gasteiger charge is 2.74. The van der Waals surface area contributed by atoms with Gasteiger partial charge in [-0.3, -0.25) is 14.4 Å². The van der Waals surface area contributed by atoms with Gasteiger partial charge in [-0.2, -0.15) is 0 Å². The monoisotopic (exact) mass is 578 g/mol. The maximum Gasteiger partial charge on any atom is 0.311 e. The Bertz CT molecular complexity index is 1410. The second-order valence-electron chi connectivity index (χ2n) is 11.0. The number of aliphatic hydroxyl groups excluding tert-OH is 1. The number of ether oxygens (including phenoxy) is 1. The smallest absolute Gasteiger partial charge is 0.311 e. The summed E-state index contributed by atoms with van der Waals surface area (Å²) in [4.78, 5) is 46.1. The molecule has 40 heavy (non-hydrogen) atoms. The molecule has 0 saturated carbocycles. The summed E-state index contributed by atoms with van der Waals surface area (Å²) < 4.78 is 3.80. The van der Waals surface area contributed by atoms with Crippen LogP contribution in [0.5, 0.6) is 0 Å². The molecule has 6 atom stereocenters. The predicted molar refractivity (Wildman–Crippen MR) is 155 cm³/mol. The number of cyclic esters (lactones) is 1. The number of rotatable bonds is 4. The number of para-hydroxylation sites is 1. The van der Waals surface area contributed by atoms with E-state index in [-0.39, 0.29) is 31.6 Å². The maximum absolute atomic E-state index is 14.8. The van der Waals surface area contributed by atoms with Gasteiger partial charge in [-0.25, -0.2) is 0 Å². The molecule has 2 aromatic carbocycles. The van der Waals surface area contributed by atoms with Crippen LogP contribution in [0.1, 0.15) is 30.5 Å². The molecular weight excluding hydrogens is 548 g/mol. The number of fused-ring (bicyclic) bond motifs is 2. The molecule has 4 heterocycles. The minimum Gasteiger partial charge on any atom is -0.465 e. The second kappa shape index (κ2) is 10.1. The molecule has 2 fully saturated rings. The molecule has 6 rings (SSSR count). The Balaban J connectivity index is 1.56. The van der Waals surface area contributed by atoms with Crippen LogP contribution >= 0.6 is 23.4 Å². The van der Waals surface area contributed by atoms with E-state index >= 15 is 0 Å². The minimum absolute atomic E-state index is 0.241. The summed E-state index contributed by atoms with van der Waals surface area (Å²) in [6.45, 7) is 3.97. The fourth-order valence-corrected chi connectivity index (χ4v) is 9.42. The Morgan fingerprint density at radius 2 is 1.82 bits per heavy atom. The lowest BCUT2D eigenvalue weighted by Crippen LogP contribution is -2.54.